The van der Waals surface area contributed by atoms with Crippen LogP contribution in [0.2, 0.25) is 5.02 Å². The Morgan fingerprint density at radius 2 is 1.94 bits per heavy atom. The highest BCUT2D eigenvalue weighted by Crippen LogP contribution is 2.37. The second kappa shape index (κ2) is 8.95. The van der Waals surface area contributed by atoms with Gasteiger partial charge in [0.2, 0.25) is 5.95 Å². The van der Waals surface area contributed by atoms with Gasteiger partial charge in [-0.2, -0.15) is 4.98 Å². The van der Waals surface area contributed by atoms with Gasteiger partial charge in [0.05, 0.1) is 18.9 Å². The van der Waals surface area contributed by atoms with E-state index in [0.717, 1.165) is 11.1 Å². The lowest BCUT2D eigenvalue weighted by Gasteiger charge is -2.28. The van der Waals surface area contributed by atoms with Crippen molar-refractivity contribution in [3.8, 4) is 17.1 Å². The van der Waals surface area contributed by atoms with Gasteiger partial charge in [0.1, 0.15) is 17.5 Å². The molecule has 0 unspecified atom stereocenters. The lowest BCUT2D eigenvalue weighted by atomic mass is 9.96. The van der Waals surface area contributed by atoms with Crippen LogP contribution < -0.4 is 15.4 Å². The molecule has 0 fully saturated rings. The van der Waals surface area contributed by atoms with E-state index in [1.54, 1.807) is 47.7 Å². The Bertz CT molecular complexity index is 1400. The number of aromatic nitrogens is 5. The van der Waals surface area contributed by atoms with E-state index in [1.807, 2.05) is 31.2 Å². The van der Waals surface area contributed by atoms with Crippen LogP contribution in [0.1, 0.15) is 18.5 Å². The van der Waals surface area contributed by atoms with E-state index < -0.39 is 6.04 Å². The van der Waals surface area contributed by atoms with E-state index in [2.05, 4.69) is 25.6 Å². The molecule has 3 aromatic heterocycles. The maximum atomic E-state index is 13.6. The lowest BCUT2D eigenvalue weighted by Crippen LogP contribution is -2.31. The van der Waals surface area contributed by atoms with Crippen LogP contribution in [0.5, 0.6) is 5.75 Å². The Morgan fingerprint density at radius 3 is 2.71 bits per heavy atom. The summed E-state index contributed by atoms with van der Waals surface area (Å²) in [7, 11) is 1.54. The number of anilines is 2. The summed E-state index contributed by atoms with van der Waals surface area (Å²) in [5, 5.41) is 11.5. The van der Waals surface area contributed by atoms with Crippen molar-refractivity contribution in [1.29, 1.82) is 0 Å². The molecule has 0 saturated carbocycles. The van der Waals surface area contributed by atoms with Gasteiger partial charge in [-0.25, -0.2) is 4.68 Å². The molecule has 2 N–H and O–H groups in total. The average Bonchev–Trinajstić information content (AvgIpc) is 3.27. The summed E-state index contributed by atoms with van der Waals surface area (Å²) in [6, 6.07) is 12.2. The number of benzene rings is 1. The predicted molar refractivity (Wildman–Crippen MR) is 129 cm³/mol. The number of allylic oxidation sites excluding steroid dienone is 1. The number of hydrogen-bond donors (Lipinski definition) is 2. The number of rotatable bonds is 5. The quantitative estimate of drug-likeness (QED) is 0.444. The highest BCUT2D eigenvalue weighted by Gasteiger charge is 2.34. The molecule has 1 atom stereocenters. The number of ether oxygens (including phenoxy) is 1. The first kappa shape index (κ1) is 21.6. The number of nitrogens with zero attached hydrogens (tertiary/aromatic N) is 5. The maximum absolute atomic E-state index is 13.6. The summed E-state index contributed by atoms with van der Waals surface area (Å²) in [4.78, 5) is 26.5. The molecule has 0 spiro atoms. The van der Waals surface area contributed by atoms with Crippen LogP contribution in [0, 0.1) is 0 Å². The van der Waals surface area contributed by atoms with E-state index in [4.69, 9.17) is 21.4 Å². The van der Waals surface area contributed by atoms with Gasteiger partial charge in [0.15, 0.2) is 5.82 Å². The number of carbonyl (C=O) groups excluding carboxylic acids is 1. The van der Waals surface area contributed by atoms with Crippen molar-refractivity contribution in [2.75, 3.05) is 17.7 Å². The van der Waals surface area contributed by atoms with Gasteiger partial charge in [-0.1, -0.05) is 23.7 Å². The van der Waals surface area contributed by atoms with Crippen molar-refractivity contribution < 1.29 is 9.53 Å². The van der Waals surface area contributed by atoms with E-state index in [1.165, 1.54) is 7.11 Å². The molecule has 0 bridgehead atoms. The van der Waals surface area contributed by atoms with Crippen molar-refractivity contribution in [3.05, 3.63) is 89.1 Å². The molecule has 10 heteroatoms. The fourth-order valence-electron chi connectivity index (χ4n) is 3.89. The van der Waals surface area contributed by atoms with Crippen molar-refractivity contribution >= 4 is 29.1 Å². The van der Waals surface area contributed by atoms with Gasteiger partial charge in [0.25, 0.3) is 5.91 Å². The Kier molecular flexibility index (Phi) is 5.69. The minimum atomic E-state index is -0.539. The summed E-state index contributed by atoms with van der Waals surface area (Å²) in [5.41, 5.74) is 3.20. The van der Waals surface area contributed by atoms with Crippen LogP contribution in [-0.4, -0.2) is 37.7 Å². The van der Waals surface area contributed by atoms with E-state index in [9.17, 15) is 4.79 Å². The Labute approximate surface area is 200 Å². The SMILES string of the molecule is COc1ccncc1NC(=O)C1=C(C)Nc2nc(-c3cccc(Cl)c3)nn2[C@@H]1c1ccncc1. The molecule has 1 aromatic carbocycles. The van der Waals surface area contributed by atoms with E-state index in [-0.39, 0.29) is 5.91 Å². The molecule has 4 aromatic rings. The van der Waals surface area contributed by atoms with Crippen LogP contribution in [0.3, 0.4) is 0 Å². The van der Waals surface area contributed by atoms with Crippen molar-refractivity contribution in [3.63, 3.8) is 0 Å². The zero-order valence-electron chi connectivity index (χ0n) is 18.4. The molecular weight excluding hydrogens is 454 g/mol. The topological polar surface area (TPSA) is 107 Å². The van der Waals surface area contributed by atoms with E-state index >= 15 is 0 Å². The number of carbonyl (C=O) groups is 1. The first-order valence-corrected chi connectivity index (χ1v) is 10.8. The minimum Gasteiger partial charge on any atom is -0.494 e. The highest BCUT2D eigenvalue weighted by atomic mass is 35.5. The Morgan fingerprint density at radius 1 is 1.15 bits per heavy atom. The van der Waals surface area contributed by atoms with Crippen LogP contribution >= 0.6 is 11.6 Å². The minimum absolute atomic E-state index is 0.316. The van der Waals surface area contributed by atoms with E-state index in [0.29, 0.717) is 39.5 Å². The van der Waals surface area contributed by atoms with Gasteiger partial charge in [-0.05, 0) is 36.8 Å². The van der Waals surface area contributed by atoms with Crippen LogP contribution in [0.15, 0.2) is 78.5 Å². The maximum Gasteiger partial charge on any atom is 0.256 e. The van der Waals surface area contributed by atoms with Crippen LogP contribution in [0.25, 0.3) is 11.4 Å². The van der Waals surface area contributed by atoms with Gasteiger partial charge < -0.3 is 15.4 Å². The molecule has 0 saturated heterocycles. The molecule has 9 nitrogen and oxygen atoms in total. The molecule has 170 valence electrons. The number of amides is 1. The Hall–Kier alpha value is -4.24. The third kappa shape index (κ3) is 3.97. The first-order valence-electron chi connectivity index (χ1n) is 10.4. The fraction of sp³-hybridized carbons (Fsp3) is 0.125. The van der Waals surface area contributed by atoms with Crippen molar-refractivity contribution in [2.45, 2.75) is 13.0 Å². The van der Waals surface area contributed by atoms with Gasteiger partial charge in [0, 0.05) is 40.9 Å². The molecule has 1 amide bonds. The first-order chi connectivity index (χ1) is 16.5. The smallest absolute Gasteiger partial charge is 0.256 e. The number of nitrogens with one attached hydrogen (secondary N) is 2. The second-order valence-electron chi connectivity index (χ2n) is 7.59. The number of hydrogen-bond acceptors (Lipinski definition) is 7. The van der Waals surface area contributed by atoms with Crippen LogP contribution in [0.4, 0.5) is 11.6 Å². The summed E-state index contributed by atoms with van der Waals surface area (Å²) >= 11 is 6.17. The van der Waals surface area contributed by atoms with Crippen molar-refractivity contribution in [1.82, 2.24) is 24.7 Å². The summed E-state index contributed by atoms with van der Waals surface area (Å²) in [6.45, 7) is 1.83. The van der Waals surface area contributed by atoms with Gasteiger partial charge in [-0.15, -0.1) is 5.10 Å². The highest BCUT2D eigenvalue weighted by molar-refractivity contribution is 6.30. The standard InChI is InChI=1S/C24H20ClN7O2/c1-14-20(23(33)29-18-13-27-11-8-19(18)34-2)21(15-6-9-26-10-7-15)32-24(28-14)30-22(31-32)16-4-3-5-17(25)12-16/h3-13,21H,1-2H3,(H,29,33)(H,28,30,31)/t21-/m1/s1. The monoisotopic (exact) mass is 473 g/mol. The van der Waals surface area contributed by atoms with Gasteiger partial charge in [-0.3, -0.25) is 14.8 Å². The summed E-state index contributed by atoms with van der Waals surface area (Å²) in [6.07, 6.45) is 6.50. The number of fused-ring (bicyclic) bond motifs is 1. The summed E-state index contributed by atoms with van der Waals surface area (Å²) < 4.78 is 7.06. The predicted octanol–water partition coefficient (Wildman–Crippen LogP) is 4.32. The summed E-state index contributed by atoms with van der Waals surface area (Å²) in [5.74, 6) is 1.20. The van der Waals surface area contributed by atoms with Crippen LogP contribution in [-0.2, 0) is 4.79 Å². The lowest BCUT2D eigenvalue weighted by molar-refractivity contribution is -0.113. The number of methoxy groups -OCH3 is 1. The average molecular weight is 474 g/mol. The zero-order chi connectivity index (χ0) is 23.7. The second-order valence-corrected chi connectivity index (χ2v) is 8.03. The molecule has 5 rings (SSSR count). The molecule has 34 heavy (non-hydrogen) atoms. The largest absolute Gasteiger partial charge is 0.494 e. The molecule has 1 aliphatic heterocycles. The zero-order valence-corrected chi connectivity index (χ0v) is 19.1. The number of halogens is 1. The Balaban J connectivity index is 1.59. The molecule has 0 radical (unpaired) electrons. The fourth-order valence-corrected chi connectivity index (χ4v) is 4.08. The normalized spacial score (nSPS) is 14.9. The third-order valence-corrected chi connectivity index (χ3v) is 5.69. The molecule has 4 heterocycles. The van der Waals surface area contributed by atoms with Crippen molar-refractivity contribution in [2.24, 2.45) is 0 Å². The molecular formula is C24H20ClN7O2. The van der Waals surface area contributed by atoms with Gasteiger partial charge >= 0.3 is 0 Å². The molecule has 1 aliphatic rings. The number of pyridine rings is 2. The molecule has 0 aliphatic carbocycles. The third-order valence-electron chi connectivity index (χ3n) is 5.45.